The van der Waals surface area contributed by atoms with E-state index in [1.165, 1.54) is 0 Å². The molecule has 1 aliphatic rings. The first-order valence-corrected chi connectivity index (χ1v) is 5.35. The third kappa shape index (κ3) is 2.19. The average molecular weight is 196 g/mol. The van der Waals surface area contributed by atoms with Crippen molar-refractivity contribution in [3.05, 3.63) is 18.6 Å². The topological polar surface area (TPSA) is 46.0 Å². The monoisotopic (exact) mass is 196 g/mol. The minimum absolute atomic E-state index is 0.160. The molecule has 0 amide bonds. The summed E-state index contributed by atoms with van der Waals surface area (Å²) >= 11 is 1.64. The maximum Gasteiger partial charge on any atom is 0.115 e. The molecular formula is C9H12N2OS. The highest BCUT2D eigenvalue weighted by atomic mass is 32.2. The standard InChI is InChI=1S/C9H12N2OS/c12-7-2-1-3-8(7)13-9-6-10-4-5-11-9/h4-8,12H,1-3H2. The van der Waals surface area contributed by atoms with E-state index >= 15 is 0 Å². The molecule has 1 aliphatic carbocycles. The van der Waals surface area contributed by atoms with Crippen molar-refractivity contribution in [3.63, 3.8) is 0 Å². The Morgan fingerprint density at radius 3 is 2.92 bits per heavy atom. The van der Waals surface area contributed by atoms with Crippen LogP contribution in [0.2, 0.25) is 0 Å². The third-order valence-electron chi connectivity index (χ3n) is 2.23. The number of aliphatic hydroxyl groups is 1. The molecule has 1 N–H and O–H groups in total. The maximum atomic E-state index is 9.58. The maximum absolute atomic E-state index is 9.58. The molecule has 0 aromatic carbocycles. The summed E-state index contributed by atoms with van der Waals surface area (Å²) in [6, 6.07) is 0. The van der Waals surface area contributed by atoms with Gasteiger partial charge in [0.25, 0.3) is 0 Å². The fourth-order valence-corrected chi connectivity index (χ4v) is 2.68. The zero-order valence-electron chi connectivity index (χ0n) is 7.26. The number of hydrogen-bond acceptors (Lipinski definition) is 4. The van der Waals surface area contributed by atoms with Crippen molar-refractivity contribution in [2.75, 3.05) is 0 Å². The molecule has 1 aromatic rings. The van der Waals surface area contributed by atoms with Gasteiger partial charge in [0.2, 0.25) is 0 Å². The Kier molecular flexibility index (Phi) is 2.80. The van der Waals surface area contributed by atoms with Crippen molar-refractivity contribution in [3.8, 4) is 0 Å². The van der Waals surface area contributed by atoms with Gasteiger partial charge in [-0.15, -0.1) is 0 Å². The molecule has 1 fully saturated rings. The first kappa shape index (κ1) is 8.97. The summed E-state index contributed by atoms with van der Waals surface area (Å²) in [5.41, 5.74) is 0. The van der Waals surface area contributed by atoms with Gasteiger partial charge in [0.05, 0.1) is 12.3 Å². The summed E-state index contributed by atoms with van der Waals surface area (Å²) in [5.74, 6) is 0. The molecule has 0 aliphatic heterocycles. The van der Waals surface area contributed by atoms with Crippen LogP contribution in [0.1, 0.15) is 19.3 Å². The number of hydrogen-bond donors (Lipinski definition) is 1. The average Bonchev–Trinajstić information content (AvgIpc) is 2.54. The van der Waals surface area contributed by atoms with Crippen molar-refractivity contribution < 1.29 is 5.11 Å². The lowest BCUT2D eigenvalue weighted by molar-refractivity contribution is 0.188. The summed E-state index contributed by atoms with van der Waals surface area (Å²) in [6.45, 7) is 0. The fraction of sp³-hybridized carbons (Fsp3) is 0.556. The van der Waals surface area contributed by atoms with Crippen molar-refractivity contribution >= 4 is 11.8 Å². The van der Waals surface area contributed by atoms with E-state index in [9.17, 15) is 5.11 Å². The molecule has 1 aromatic heterocycles. The second kappa shape index (κ2) is 4.07. The van der Waals surface area contributed by atoms with E-state index in [0.717, 1.165) is 24.3 Å². The molecule has 0 bridgehead atoms. The molecular weight excluding hydrogens is 184 g/mol. The molecule has 1 heterocycles. The Hall–Kier alpha value is -0.610. The van der Waals surface area contributed by atoms with Gasteiger partial charge in [-0.2, -0.15) is 0 Å². The lowest BCUT2D eigenvalue weighted by Crippen LogP contribution is -2.15. The summed E-state index contributed by atoms with van der Waals surface area (Å²) < 4.78 is 0. The van der Waals surface area contributed by atoms with Gasteiger partial charge in [0.15, 0.2) is 0 Å². The summed E-state index contributed by atoms with van der Waals surface area (Å²) in [6.07, 6.45) is 8.07. The molecule has 2 rings (SSSR count). The van der Waals surface area contributed by atoms with Crippen LogP contribution in [-0.2, 0) is 0 Å². The number of aliphatic hydroxyl groups excluding tert-OH is 1. The summed E-state index contributed by atoms with van der Waals surface area (Å²) in [5, 5.41) is 10.8. The number of thioether (sulfide) groups is 1. The van der Waals surface area contributed by atoms with Gasteiger partial charge in [-0.25, -0.2) is 4.98 Å². The molecule has 70 valence electrons. The van der Waals surface area contributed by atoms with E-state index in [1.807, 2.05) is 0 Å². The highest BCUT2D eigenvalue weighted by Crippen LogP contribution is 2.33. The first-order chi connectivity index (χ1) is 6.36. The molecule has 13 heavy (non-hydrogen) atoms. The minimum Gasteiger partial charge on any atom is -0.392 e. The van der Waals surface area contributed by atoms with E-state index in [2.05, 4.69) is 9.97 Å². The number of rotatable bonds is 2. The molecule has 0 radical (unpaired) electrons. The van der Waals surface area contributed by atoms with Crippen molar-refractivity contribution in [1.29, 1.82) is 0 Å². The van der Waals surface area contributed by atoms with Gasteiger partial charge in [0.1, 0.15) is 5.03 Å². The van der Waals surface area contributed by atoms with E-state index < -0.39 is 0 Å². The highest BCUT2D eigenvalue weighted by Gasteiger charge is 2.26. The van der Waals surface area contributed by atoms with Crippen molar-refractivity contribution in [2.24, 2.45) is 0 Å². The Morgan fingerprint density at radius 2 is 2.31 bits per heavy atom. The van der Waals surface area contributed by atoms with Crippen LogP contribution in [0, 0.1) is 0 Å². The Morgan fingerprint density at radius 1 is 1.38 bits per heavy atom. The predicted molar refractivity (Wildman–Crippen MR) is 51.5 cm³/mol. The van der Waals surface area contributed by atoms with Gasteiger partial charge in [-0.1, -0.05) is 11.8 Å². The molecule has 2 atom stereocenters. The Bertz CT molecular complexity index is 268. The summed E-state index contributed by atoms with van der Waals surface area (Å²) in [4.78, 5) is 8.15. The minimum atomic E-state index is -0.160. The number of nitrogens with zero attached hydrogens (tertiary/aromatic N) is 2. The van der Waals surface area contributed by atoms with E-state index in [0.29, 0.717) is 5.25 Å². The molecule has 0 spiro atoms. The van der Waals surface area contributed by atoms with Crippen LogP contribution in [-0.4, -0.2) is 26.4 Å². The van der Waals surface area contributed by atoms with Gasteiger partial charge < -0.3 is 5.11 Å². The predicted octanol–water partition coefficient (Wildman–Crippen LogP) is 1.48. The van der Waals surface area contributed by atoms with E-state index in [-0.39, 0.29) is 6.10 Å². The van der Waals surface area contributed by atoms with Gasteiger partial charge in [0, 0.05) is 17.6 Å². The molecule has 1 saturated carbocycles. The zero-order valence-corrected chi connectivity index (χ0v) is 8.07. The van der Waals surface area contributed by atoms with Crippen LogP contribution in [0.25, 0.3) is 0 Å². The lowest BCUT2D eigenvalue weighted by Gasteiger charge is -2.12. The highest BCUT2D eigenvalue weighted by molar-refractivity contribution is 7.99. The fourth-order valence-electron chi connectivity index (χ4n) is 1.55. The number of aromatic nitrogens is 2. The van der Waals surface area contributed by atoms with Crippen LogP contribution in [0.3, 0.4) is 0 Å². The quantitative estimate of drug-likeness (QED) is 0.778. The second-order valence-corrected chi connectivity index (χ2v) is 4.46. The Balaban J connectivity index is 1.98. The molecule has 0 saturated heterocycles. The van der Waals surface area contributed by atoms with Crippen LogP contribution < -0.4 is 0 Å². The van der Waals surface area contributed by atoms with Gasteiger partial charge in [-0.3, -0.25) is 4.98 Å². The van der Waals surface area contributed by atoms with E-state index in [4.69, 9.17) is 0 Å². The van der Waals surface area contributed by atoms with Gasteiger partial charge in [-0.05, 0) is 19.3 Å². The molecule has 3 nitrogen and oxygen atoms in total. The second-order valence-electron chi connectivity index (χ2n) is 3.20. The zero-order chi connectivity index (χ0) is 9.10. The molecule has 2 unspecified atom stereocenters. The van der Waals surface area contributed by atoms with E-state index in [1.54, 1.807) is 30.4 Å². The van der Waals surface area contributed by atoms with Crippen molar-refractivity contribution in [1.82, 2.24) is 9.97 Å². The molecule has 4 heteroatoms. The first-order valence-electron chi connectivity index (χ1n) is 4.47. The van der Waals surface area contributed by atoms with Crippen LogP contribution in [0.5, 0.6) is 0 Å². The largest absolute Gasteiger partial charge is 0.392 e. The lowest BCUT2D eigenvalue weighted by atomic mass is 10.3. The van der Waals surface area contributed by atoms with Crippen molar-refractivity contribution in [2.45, 2.75) is 35.6 Å². The third-order valence-corrected chi connectivity index (χ3v) is 3.53. The smallest absolute Gasteiger partial charge is 0.115 e. The summed E-state index contributed by atoms with van der Waals surface area (Å²) in [7, 11) is 0. The van der Waals surface area contributed by atoms with Gasteiger partial charge >= 0.3 is 0 Å². The van der Waals surface area contributed by atoms with Crippen LogP contribution in [0.15, 0.2) is 23.6 Å². The Labute approximate surface area is 81.6 Å². The SMILES string of the molecule is OC1CCCC1Sc1cnccn1. The van der Waals surface area contributed by atoms with Crippen LogP contribution >= 0.6 is 11.8 Å². The normalized spacial score (nSPS) is 27.8. The van der Waals surface area contributed by atoms with Crippen LogP contribution in [0.4, 0.5) is 0 Å².